The van der Waals surface area contributed by atoms with E-state index in [0.717, 1.165) is 5.56 Å². The highest BCUT2D eigenvalue weighted by molar-refractivity contribution is 5.93. The first kappa shape index (κ1) is 18.4. The number of rotatable bonds is 7. The van der Waals surface area contributed by atoms with Gasteiger partial charge in [0, 0.05) is 13.2 Å². The molecule has 0 fully saturated rings. The Bertz CT molecular complexity index is 752. The maximum absolute atomic E-state index is 13.4. The lowest BCUT2D eigenvalue weighted by molar-refractivity contribution is -0.133. The van der Waals surface area contributed by atoms with Gasteiger partial charge in [-0.1, -0.05) is 12.1 Å². The van der Waals surface area contributed by atoms with E-state index < -0.39 is 5.82 Å². The van der Waals surface area contributed by atoms with Crippen molar-refractivity contribution in [3.63, 3.8) is 0 Å². The van der Waals surface area contributed by atoms with Crippen LogP contribution in [-0.2, 0) is 9.59 Å². The zero-order valence-corrected chi connectivity index (χ0v) is 14.2. The Kier molecular flexibility index (Phi) is 6.45. The van der Waals surface area contributed by atoms with Crippen molar-refractivity contribution in [3.8, 4) is 5.75 Å². The summed E-state index contributed by atoms with van der Waals surface area (Å²) in [6.45, 7) is 1.82. The van der Waals surface area contributed by atoms with Crippen LogP contribution in [0.4, 0.5) is 10.2 Å². The summed E-state index contributed by atoms with van der Waals surface area (Å²) in [5.41, 5.74) is 0.972. The van der Waals surface area contributed by atoms with Gasteiger partial charge in [0.25, 0.3) is 0 Å². The molecule has 132 valence electrons. The molecule has 0 saturated heterocycles. The molecule has 1 heterocycles. The van der Waals surface area contributed by atoms with Gasteiger partial charge in [-0.15, -0.1) is 0 Å². The molecule has 0 atom stereocenters. The first-order valence-electron chi connectivity index (χ1n) is 7.79. The normalized spacial score (nSPS) is 10.2. The van der Waals surface area contributed by atoms with Crippen molar-refractivity contribution in [3.05, 3.63) is 54.0 Å². The van der Waals surface area contributed by atoms with E-state index in [1.165, 1.54) is 24.1 Å². The molecule has 1 aromatic heterocycles. The minimum atomic E-state index is -0.478. The maximum atomic E-state index is 13.4. The van der Waals surface area contributed by atoms with E-state index in [9.17, 15) is 14.0 Å². The lowest BCUT2D eigenvalue weighted by Gasteiger charge is -2.17. The Labute approximate surface area is 145 Å². The van der Waals surface area contributed by atoms with Crippen molar-refractivity contribution >= 4 is 17.6 Å². The van der Waals surface area contributed by atoms with Gasteiger partial charge in [-0.05, 0) is 36.8 Å². The van der Waals surface area contributed by atoms with Gasteiger partial charge in [0.15, 0.2) is 11.6 Å². The molecule has 6 nitrogen and oxygen atoms in total. The van der Waals surface area contributed by atoms with Crippen LogP contribution in [0.2, 0.25) is 0 Å². The highest BCUT2D eigenvalue weighted by atomic mass is 19.1. The van der Waals surface area contributed by atoms with Crippen LogP contribution in [-0.4, -0.2) is 41.9 Å². The average Bonchev–Trinajstić information content (AvgIpc) is 2.56. The molecular formula is C18H20FN3O3. The topological polar surface area (TPSA) is 71.5 Å². The Balaban J connectivity index is 1.76. The molecule has 25 heavy (non-hydrogen) atoms. The lowest BCUT2D eigenvalue weighted by Crippen LogP contribution is -2.35. The monoisotopic (exact) mass is 345 g/mol. The number of anilines is 1. The molecule has 7 heteroatoms. The van der Waals surface area contributed by atoms with E-state index in [-0.39, 0.29) is 37.1 Å². The van der Waals surface area contributed by atoms with Gasteiger partial charge in [0.2, 0.25) is 11.8 Å². The number of nitrogens with one attached hydrogen (secondary N) is 1. The van der Waals surface area contributed by atoms with Crippen molar-refractivity contribution < 1.29 is 18.7 Å². The quantitative estimate of drug-likeness (QED) is 0.836. The number of carbonyl (C=O) groups is 2. The van der Waals surface area contributed by atoms with Gasteiger partial charge < -0.3 is 15.0 Å². The lowest BCUT2D eigenvalue weighted by atomic mass is 10.3. The fraction of sp³-hybridized carbons (Fsp3) is 0.278. The summed E-state index contributed by atoms with van der Waals surface area (Å²) in [6, 6.07) is 9.54. The Morgan fingerprint density at radius 2 is 2.04 bits per heavy atom. The molecule has 0 unspecified atom stereocenters. The van der Waals surface area contributed by atoms with Gasteiger partial charge in [0.1, 0.15) is 5.82 Å². The van der Waals surface area contributed by atoms with E-state index in [1.807, 2.05) is 13.0 Å². The van der Waals surface area contributed by atoms with Crippen molar-refractivity contribution in [2.45, 2.75) is 13.3 Å². The number of pyridine rings is 1. The number of halogens is 1. The summed E-state index contributed by atoms with van der Waals surface area (Å²) < 4.78 is 18.6. The van der Waals surface area contributed by atoms with Crippen molar-refractivity contribution in [1.29, 1.82) is 0 Å². The molecule has 2 aromatic rings. The Morgan fingerprint density at radius 1 is 1.28 bits per heavy atom. The van der Waals surface area contributed by atoms with Crippen molar-refractivity contribution in [1.82, 2.24) is 9.88 Å². The number of aryl methyl sites for hydroxylation is 1. The number of benzene rings is 1. The standard InChI is InChI=1S/C18H20FN3O3/c1-13-7-9-20-16(11-13)21-17(23)12-22(2)18(24)8-10-25-15-6-4-3-5-14(15)19/h3-7,9,11H,8,10,12H2,1-2H3,(H,20,21,23). The number of aromatic nitrogens is 1. The summed E-state index contributed by atoms with van der Waals surface area (Å²) >= 11 is 0. The predicted molar refractivity (Wildman–Crippen MR) is 91.8 cm³/mol. The molecule has 0 radical (unpaired) electrons. The van der Waals surface area contributed by atoms with E-state index >= 15 is 0 Å². The molecule has 0 aliphatic heterocycles. The van der Waals surface area contributed by atoms with E-state index in [0.29, 0.717) is 5.82 Å². The van der Waals surface area contributed by atoms with E-state index in [2.05, 4.69) is 10.3 Å². The minimum absolute atomic E-state index is 0.0329. The number of ether oxygens (including phenoxy) is 1. The number of para-hydroxylation sites is 1. The Morgan fingerprint density at radius 3 is 2.76 bits per heavy atom. The molecule has 0 saturated carbocycles. The third-order valence-electron chi connectivity index (χ3n) is 3.40. The number of amides is 2. The van der Waals surface area contributed by atoms with Gasteiger partial charge in [-0.3, -0.25) is 9.59 Å². The third kappa shape index (κ3) is 5.87. The van der Waals surface area contributed by atoms with Crippen LogP contribution >= 0.6 is 0 Å². The first-order valence-corrected chi connectivity index (χ1v) is 7.79. The van der Waals surface area contributed by atoms with Gasteiger partial charge in [0.05, 0.1) is 19.6 Å². The van der Waals surface area contributed by atoms with Crippen LogP contribution in [0.25, 0.3) is 0 Å². The molecule has 2 amide bonds. The fourth-order valence-electron chi connectivity index (χ4n) is 2.09. The molecule has 0 spiro atoms. The third-order valence-corrected chi connectivity index (χ3v) is 3.40. The minimum Gasteiger partial charge on any atom is -0.490 e. The average molecular weight is 345 g/mol. The largest absolute Gasteiger partial charge is 0.490 e. The highest BCUT2D eigenvalue weighted by Gasteiger charge is 2.14. The fourth-order valence-corrected chi connectivity index (χ4v) is 2.09. The smallest absolute Gasteiger partial charge is 0.245 e. The highest BCUT2D eigenvalue weighted by Crippen LogP contribution is 2.15. The number of carbonyl (C=O) groups excluding carboxylic acids is 2. The molecule has 1 aromatic carbocycles. The zero-order chi connectivity index (χ0) is 18.2. The molecule has 0 aliphatic carbocycles. The second-order valence-electron chi connectivity index (χ2n) is 5.55. The number of nitrogens with zero attached hydrogens (tertiary/aromatic N) is 2. The van der Waals surface area contributed by atoms with Crippen LogP contribution in [0.5, 0.6) is 5.75 Å². The predicted octanol–water partition coefficient (Wildman–Crippen LogP) is 2.40. The molecule has 1 N–H and O–H groups in total. The summed E-state index contributed by atoms with van der Waals surface area (Å²) in [6.07, 6.45) is 1.64. The van der Waals surface area contributed by atoms with Crippen LogP contribution in [0.1, 0.15) is 12.0 Å². The van der Waals surface area contributed by atoms with Gasteiger partial charge >= 0.3 is 0 Å². The van der Waals surface area contributed by atoms with Crippen LogP contribution in [0, 0.1) is 12.7 Å². The van der Waals surface area contributed by atoms with Crippen LogP contribution in [0.15, 0.2) is 42.6 Å². The molecule has 0 aliphatic rings. The summed E-state index contributed by atoms with van der Waals surface area (Å²) in [5.74, 6) is -0.559. The summed E-state index contributed by atoms with van der Waals surface area (Å²) in [5, 5.41) is 2.63. The van der Waals surface area contributed by atoms with Crippen LogP contribution in [0.3, 0.4) is 0 Å². The molecule has 0 bridgehead atoms. The second-order valence-corrected chi connectivity index (χ2v) is 5.55. The van der Waals surface area contributed by atoms with E-state index in [1.54, 1.807) is 24.4 Å². The molecular weight excluding hydrogens is 325 g/mol. The number of hydrogen-bond acceptors (Lipinski definition) is 4. The van der Waals surface area contributed by atoms with Gasteiger partial charge in [-0.2, -0.15) is 0 Å². The first-order chi connectivity index (χ1) is 12.0. The molecule has 2 rings (SSSR count). The SMILES string of the molecule is Cc1ccnc(NC(=O)CN(C)C(=O)CCOc2ccccc2F)c1. The van der Waals surface area contributed by atoms with Crippen LogP contribution < -0.4 is 10.1 Å². The zero-order valence-electron chi connectivity index (χ0n) is 14.2. The Hall–Kier alpha value is -2.96. The second kappa shape index (κ2) is 8.77. The van der Waals surface area contributed by atoms with Gasteiger partial charge in [-0.25, -0.2) is 9.37 Å². The summed E-state index contributed by atoms with van der Waals surface area (Å²) in [7, 11) is 1.52. The number of likely N-dealkylation sites (N-methyl/N-ethyl adjacent to an activating group) is 1. The van der Waals surface area contributed by atoms with Crippen molar-refractivity contribution in [2.24, 2.45) is 0 Å². The van der Waals surface area contributed by atoms with E-state index in [4.69, 9.17) is 4.74 Å². The maximum Gasteiger partial charge on any atom is 0.245 e. The summed E-state index contributed by atoms with van der Waals surface area (Å²) in [4.78, 5) is 29.3. The van der Waals surface area contributed by atoms with Crippen molar-refractivity contribution in [2.75, 3.05) is 25.5 Å². The number of hydrogen-bond donors (Lipinski definition) is 1.